The van der Waals surface area contributed by atoms with Gasteiger partial charge < -0.3 is 5.11 Å². The summed E-state index contributed by atoms with van der Waals surface area (Å²) in [6, 6.07) is 1.67. The Kier molecular flexibility index (Phi) is 5.15. The fourth-order valence-electron chi connectivity index (χ4n) is 1.31. The number of hydrogen-bond acceptors (Lipinski definition) is 4. The molecule has 102 valence electrons. The molecule has 0 saturated heterocycles. The zero-order valence-corrected chi connectivity index (χ0v) is 12.3. The first-order valence-electron chi connectivity index (χ1n) is 5.28. The Bertz CT molecular complexity index is 526. The molecule has 2 N–H and O–H groups in total. The van der Waals surface area contributed by atoms with Gasteiger partial charge in [-0.2, -0.15) is 4.72 Å². The monoisotopic (exact) mass is 311 g/mol. The van der Waals surface area contributed by atoms with E-state index in [2.05, 4.69) is 4.72 Å². The molecular formula is C10H14ClNO4S2. The molecule has 0 radical (unpaired) electrons. The van der Waals surface area contributed by atoms with E-state index in [1.54, 1.807) is 13.8 Å². The minimum absolute atomic E-state index is 0.0158. The average Bonchev–Trinajstić information content (AvgIpc) is 2.72. The van der Waals surface area contributed by atoms with Gasteiger partial charge in [-0.25, -0.2) is 8.42 Å². The molecule has 0 spiro atoms. The highest BCUT2D eigenvalue weighted by atomic mass is 35.5. The number of aliphatic carboxylic acids is 1. The van der Waals surface area contributed by atoms with Gasteiger partial charge in [0.25, 0.3) is 10.0 Å². The molecule has 0 aliphatic rings. The molecule has 5 nitrogen and oxygen atoms in total. The summed E-state index contributed by atoms with van der Waals surface area (Å²) >= 11 is 6.56. The summed E-state index contributed by atoms with van der Waals surface area (Å²) in [5, 5.41) is 9.04. The van der Waals surface area contributed by atoms with Crippen molar-refractivity contribution in [2.45, 2.75) is 30.5 Å². The van der Waals surface area contributed by atoms with E-state index in [9.17, 15) is 13.2 Å². The molecule has 1 unspecified atom stereocenters. The van der Waals surface area contributed by atoms with Crippen LogP contribution in [-0.2, 0) is 14.8 Å². The molecule has 18 heavy (non-hydrogen) atoms. The molecule has 1 rings (SSSR count). The number of halogens is 1. The lowest BCUT2D eigenvalue weighted by Crippen LogP contribution is -2.44. The van der Waals surface area contributed by atoms with Crippen molar-refractivity contribution in [3.8, 4) is 0 Å². The lowest BCUT2D eigenvalue weighted by Gasteiger charge is -2.19. The van der Waals surface area contributed by atoms with E-state index in [0.29, 0.717) is 10.8 Å². The minimum Gasteiger partial charge on any atom is -0.480 e. The van der Waals surface area contributed by atoms with Crippen LogP contribution < -0.4 is 4.72 Å². The number of carbonyl (C=O) groups is 1. The van der Waals surface area contributed by atoms with Crippen LogP contribution in [0.5, 0.6) is 0 Å². The predicted octanol–water partition coefficient (Wildman–Crippen LogP) is 2.18. The van der Waals surface area contributed by atoms with Gasteiger partial charge in [0.1, 0.15) is 10.3 Å². The average molecular weight is 312 g/mol. The van der Waals surface area contributed by atoms with Crippen molar-refractivity contribution in [2.24, 2.45) is 5.92 Å². The Hall–Kier alpha value is -0.630. The second-order valence-electron chi connectivity index (χ2n) is 3.88. The van der Waals surface area contributed by atoms with E-state index in [-0.39, 0.29) is 10.1 Å². The lowest BCUT2D eigenvalue weighted by atomic mass is 10.0. The predicted molar refractivity (Wildman–Crippen MR) is 70.5 cm³/mol. The van der Waals surface area contributed by atoms with E-state index in [4.69, 9.17) is 16.7 Å². The van der Waals surface area contributed by atoms with Crippen molar-refractivity contribution in [3.05, 3.63) is 16.5 Å². The van der Waals surface area contributed by atoms with Crippen LogP contribution in [0.2, 0.25) is 4.34 Å². The van der Waals surface area contributed by atoms with Gasteiger partial charge in [0.2, 0.25) is 0 Å². The second-order valence-corrected chi connectivity index (χ2v) is 7.54. The molecule has 0 aliphatic carbocycles. The van der Waals surface area contributed by atoms with Crippen molar-refractivity contribution in [1.82, 2.24) is 4.72 Å². The Morgan fingerprint density at radius 2 is 2.17 bits per heavy atom. The molecule has 0 aliphatic heterocycles. The Morgan fingerprint density at radius 3 is 2.56 bits per heavy atom. The number of carboxylic acids is 1. The minimum atomic E-state index is -3.84. The zero-order chi connectivity index (χ0) is 13.9. The second kappa shape index (κ2) is 6.01. The van der Waals surface area contributed by atoms with Crippen molar-refractivity contribution in [1.29, 1.82) is 0 Å². The number of nitrogens with one attached hydrogen (secondary N) is 1. The van der Waals surface area contributed by atoms with Gasteiger partial charge in [0.05, 0.1) is 4.34 Å². The SMILES string of the molecule is CCC(C)[C@H](NS(=O)(=O)c1ccc(Cl)s1)C(=O)O. The fraction of sp³-hybridized carbons (Fsp3) is 0.500. The summed E-state index contributed by atoms with van der Waals surface area (Å²) in [5.41, 5.74) is 0. The van der Waals surface area contributed by atoms with Gasteiger partial charge in [-0.3, -0.25) is 4.79 Å². The first-order chi connectivity index (χ1) is 8.27. The third-order valence-electron chi connectivity index (χ3n) is 2.57. The summed E-state index contributed by atoms with van der Waals surface area (Å²) in [7, 11) is -3.84. The smallest absolute Gasteiger partial charge is 0.322 e. The molecule has 1 aromatic rings. The molecule has 1 aromatic heterocycles. The van der Waals surface area contributed by atoms with Gasteiger partial charge >= 0.3 is 5.97 Å². The Morgan fingerprint density at radius 1 is 1.56 bits per heavy atom. The highest BCUT2D eigenvalue weighted by Crippen LogP contribution is 2.26. The van der Waals surface area contributed by atoms with E-state index < -0.39 is 22.0 Å². The first-order valence-corrected chi connectivity index (χ1v) is 7.96. The number of thiophene rings is 1. The molecule has 1 heterocycles. The van der Waals surface area contributed by atoms with Crippen molar-refractivity contribution in [3.63, 3.8) is 0 Å². The third kappa shape index (κ3) is 3.68. The van der Waals surface area contributed by atoms with Crippen LogP contribution in [0, 0.1) is 5.92 Å². The number of rotatable bonds is 6. The van der Waals surface area contributed by atoms with Gasteiger partial charge in [-0.15, -0.1) is 11.3 Å². The molecule has 2 atom stereocenters. The molecule has 0 fully saturated rings. The van der Waals surface area contributed by atoms with Crippen LogP contribution in [0.4, 0.5) is 0 Å². The van der Waals surface area contributed by atoms with Gasteiger partial charge in [-0.05, 0) is 18.1 Å². The maximum Gasteiger partial charge on any atom is 0.322 e. The molecule has 0 saturated carbocycles. The van der Waals surface area contributed by atoms with Crippen LogP contribution in [-0.4, -0.2) is 25.5 Å². The van der Waals surface area contributed by atoms with E-state index in [1.165, 1.54) is 12.1 Å². The Balaban J connectivity index is 2.96. The largest absolute Gasteiger partial charge is 0.480 e. The molecule has 0 bridgehead atoms. The summed E-state index contributed by atoms with van der Waals surface area (Å²) < 4.78 is 26.5. The summed E-state index contributed by atoms with van der Waals surface area (Å²) in [6.07, 6.45) is 0.560. The van der Waals surface area contributed by atoms with Crippen LogP contribution in [0.3, 0.4) is 0 Å². The maximum atomic E-state index is 12.0. The number of carboxylic acid groups (broad SMARTS) is 1. The van der Waals surface area contributed by atoms with Gasteiger partial charge in [0.15, 0.2) is 0 Å². The van der Waals surface area contributed by atoms with Crippen molar-refractivity contribution < 1.29 is 18.3 Å². The molecular weight excluding hydrogens is 298 g/mol. The summed E-state index contributed by atoms with van der Waals surface area (Å²) in [5.74, 6) is -1.48. The van der Waals surface area contributed by atoms with Crippen LogP contribution >= 0.6 is 22.9 Å². The topological polar surface area (TPSA) is 83.5 Å². The lowest BCUT2D eigenvalue weighted by molar-refractivity contribution is -0.140. The normalized spacial score (nSPS) is 15.3. The highest BCUT2D eigenvalue weighted by molar-refractivity contribution is 7.91. The van der Waals surface area contributed by atoms with Crippen LogP contribution in [0.1, 0.15) is 20.3 Å². The van der Waals surface area contributed by atoms with E-state index >= 15 is 0 Å². The third-order valence-corrected chi connectivity index (χ3v) is 5.74. The van der Waals surface area contributed by atoms with E-state index in [1.807, 2.05) is 0 Å². The quantitative estimate of drug-likeness (QED) is 0.843. The zero-order valence-electron chi connectivity index (χ0n) is 9.88. The van der Waals surface area contributed by atoms with E-state index in [0.717, 1.165) is 11.3 Å². The van der Waals surface area contributed by atoms with Crippen molar-refractivity contribution in [2.75, 3.05) is 0 Å². The molecule has 0 aromatic carbocycles. The highest BCUT2D eigenvalue weighted by Gasteiger charge is 2.30. The summed E-state index contributed by atoms with van der Waals surface area (Å²) in [6.45, 7) is 3.49. The summed E-state index contributed by atoms with van der Waals surface area (Å²) in [4.78, 5) is 11.1. The maximum absolute atomic E-state index is 12.0. The molecule has 8 heteroatoms. The van der Waals surface area contributed by atoms with Gasteiger partial charge in [0, 0.05) is 0 Å². The standard InChI is InChI=1S/C10H14ClNO4S2/c1-3-6(2)9(10(13)14)12-18(15,16)8-5-4-7(11)17-8/h4-6,9,12H,3H2,1-2H3,(H,13,14)/t6?,9-/m0/s1. The first kappa shape index (κ1) is 15.4. The van der Waals surface area contributed by atoms with Crippen molar-refractivity contribution >= 4 is 38.9 Å². The van der Waals surface area contributed by atoms with Crippen LogP contribution in [0.15, 0.2) is 16.3 Å². The van der Waals surface area contributed by atoms with Crippen LogP contribution in [0.25, 0.3) is 0 Å². The number of hydrogen-bond donors (Lipinski definition) is 2. The Labute approximate surface area is 115 Å². The fourth-order valence-corrected chi connectivity index (χ4v) is 4.11. The van der Waals surface area contributed by atoms with Gasteiger partial charge in [-0.1, -0.05) is 31.9 Å². The molecule has 0 amide bonds. The number of sulfonamides is 1.